The molecule has 0 aliphatic carbocycles. The molecule has 0 saturated heterocycles. The third-order valence-corrected chi connectivity index (χ3v) is 6.06. The fourth-order valence-electron chi connectivity index (χ4n) is 2.44. The number of sulfonamides is 1. The minimum Gasteiger partial charge on any atom is -0.270 e. The SMILES string of the molecule is CCN(c1cccc2ccccc12)S(=O)(=O)CC(C)CCl. The van der Waals surface area contributed by atoms with Gasteiger partial charge in [-0.3, -0.25) is 4.31 Å². The Hall–Kier alpha value is -1.26. The molecule has 0 spiro atoms. The van der Waals surface area contributed by atoms with Gasteiger partial charge in [-0.2, -0.15) is 0 Å². The van der Waals surface area contributed by atoms with E-state index in [-0.39, 0.29) is 11.7 Å². The van der Waals surface area contributed by atoms with Crippen LogP contribution in [0.1, 0.15) is 13.8 Å². The summed E-state index contributed by atoms with van der Waals surface area (Å²) in [5.74, 6) is 0.334. The van der Waals surface area contributed by atoms with Crippen LogP contribution in [-0.4, -0.2) is 26.6 Å². The van der Waals surface area contributed by atoms with Crippen molar-refractivity contribution in [1.29, 1.82) is 0 Å². The predicted octanol–water partition coefficient (Wildman–Crippen LogP) is 3.87. The number of nitrogens with zero attached hydrogens (tertiary/aromatic N) is 1. The second-order valence-corrected chi connectivity index (χ2v) is 7.45. The molecule has 0 bridgehead atoms. The standard InChI is InChI=1S/C16H20ClNO2S/c1-3-18(21(19,20)12-13(2)11-17)16-10-6-8-14-7-4-5-9-15(14)16/h4-10,13H,3,11-12H2,1-2H3. The van der Waals surface area contributed by atoms with Gasteiger partial charge in [0.15, 0.2) is 0 Å². The molecule has 0 amide bonds. The van der Waals surface area contributed by atoms with E-state index in [0.29, 0.717) is 12.4 Å². The Bertz CT molecular complexity index is 710. The summed E-state index contributed by atoms with van der Waals surface area (Å²) in [5, 5.41) is 1.98. The topological polar surface area (TPSA) is 37.4 Å². The first kappa shape index (κ1) is 16.1. The molecular formula is C16H20ClNO2S. The number of hydrogen-bond donors (Lipinski definition) is 0. The lowest BCUT2D eigenvalue weighted by molar-refractivity contribution is 0.579. The number of hydrogen-bond acceptors (Lipinski definition) is 2. The molecular weight excluding hydrogens is 306 g/mol. The van der Waals surface area contributed by atoms with Gasteiger partial charge >= 0.3 is 0 Å². The molecule has 0 aliphatic heterocycles. The Labute approximate surface area is 131 Å². The first-order valence-corrected chi connectivity index (χ1v) is 9.18. The van der Waals surface area contributed by atoms with Crippen molar-refractivity contribution in [3.8, 4) is 0 Å². The minimum absolute atomic E-state index is 0.0631. The summed E-state index contributed by atoms with van der Waals surface area (Å²) in [4.78, 5) is 0. The highest BCUT2D eigenvalue weighted by Crippen LogP contribution is 2.29. The van der Waals surface area contributed by atoms with Crippen LogP contribution >= 0.6 is 11.6 Å². The molecule has 114 valence electrons. The smallest absolute Gasteiger partial charge is 0.235 e. The second-order valence-electron chi connectivity index (χ2n) is 5.20. The zero-order valence-electron chi connectivity index (χ0n) is 12.3. The molecule has 0 N–H and O–H groups in total. The molecule has 1 unspecified atom stereocenters. The van der Waals surface area contributed by atoms with Crippen molar-refractivity contribution in [3.05, 3.63) is 42.5 Å². The van der Waals surface area contributed by atoms with Gasteiger partial charge < -0.3 is 0 Å². The molecule has 5 heteroatoms. The molecule has 0 aromatic heterocycles. The van der Waals surface area contributed by atoms with Crippen molar-refractivity contribution >= 4 is 38.1 Å². The summed E-state index contributed by atoms with van der Waals surface area (Å²) < 4.78 is 26.8. The highest BCUT2D eigenvalue weighted by atomic mass is 35.5. The molecule has 0 radical (unpaired) electrons. The fourth-order valence-corrected chi connectivity index (χ4v) is 4.54. The normalized spacial score (nSPS) is 13.3. The summed E-state index contributed by atoms with van der Waals surface area (Å²) in [6.07, 6.45) is 0. The maximum Gasteiger partial charge on any atom is 0.235 e. The van der Waals surface area contributed by atoms with E-state index in [1.165, 1.54) is 4.31 Å². The van der Waals surface area contributed by atoms with Crippen LogP contribution in [0.4, 0.5) is 5.69 Å². The number of benzene rings is 2. The van der Waals surface area contributed by atoms with Crippen LogP contribution in [0.25, 0.3) is 10.8 Å². The summed E-state index contributed by atoms with van der Waals surface area (Å²) in [7, 11) is -3.38. The van der Waals surface area contributed by atoms with E-state index in [1.54, 1.807) is 0 Å². The molecule has 21 heavy (non-hydrogen) atoms. The minimum atomic E-state index is -3.38. The number of fused-ring (bicyclic) bond motifs is 1. The Morgan fingerprint density at radius 3 is 2.48 bits per heavy atom. The Morgan fingerprint density at radius 1 is 1.14 bits per heavy atom. The van der Waals surface area contributed by atoms with Crippen LogP contribution < -0.4 is 4.31 Å². The molecule has 0 aliphatic rings. The molecule has 2 aromatic rings. The number of alkyl halides is 1. The Morgan fingerprint density at radius 2 is 1.81 bits per heavy atom. The van der Waals surface area contributed by atoms with Crippen molar-refractivity contribution < 1.29 is 8.42 Å². The lowest BCUT2D eigenvalue weighted by Crippen LogP contribution is -2.35. The third kappa shape index (κ3) is 3.50. The highest BCUT2D eigenvalue weighted by molar-refractivity contribution is 7.92. The number of halogens is 1. The Balaban J connectivity index is 2.49. The summed E-state index contributed by atoms with van der Waals surface area (Å²) in [6, 6.07) is 13.5. The molecule has 0 heterocycles. The quantitative estimate of drug-likeness (QED) is 0.756. The summed E-state index contributed by atoms with van der Waals surface area (Å²) in [5.41, 5.74) is 0.734. The van der Waals surface area contributed by atoms with Crippen molar-refractivity contribution in [1.82, 2.24) is 0 Å². The van der Waals surface area contributed by atoms with Crippen LogP contribution in [0.15, 0.2) is 42.5 Å². The highest BCUT2D eigenvalue weighted by Gasteiger charge is 2.24. The third-order valence-electron chi connectivity index (χ3n) is 3.42. The molecule has 2 rings (SSSR count). The van der Waals surface area contributed by atoms with Gasteiger partial charge in [0.2, 0.25) is 10.0 Å². The zero-order chi connectivity index (χ0) is 15.5. The first-order chi connectivity index (χ1) is 9.99. The molecule has 0 saturated carbocycles. The van der Waals surface area contributed by atoms with Crippen LogP contribution in [0.5, 0.6) is 0 Å². The average molecular weight is 326 g/mol. The van der Waals surface area contributed by atoms with E-state index in [9.17, 15) is 8.42 Å². The van der Waals surface area contributed by atoms with Crippen LogP contribution in [0.2, 0.25) is 0 Å². The van der Waals surface area contributed by atoms with E-state index in [0.717, 1.165) is 16.5 Å². The van der Waals surface area contributed by atoms with E-state index >= 15 is 0 Å². The molecule has 1 atom stereocenters. The fraction of sp³-hybridized carbons (Fsp3) is 0.375. The van der Waals surface area contributed by atoms with Gasteiger partial charge in [-0.1, -0.05) is 43.3 Å². The number of rotatable bonds is 6. The second kappa shape index (κ2) is 6.67. The average Bonchev–Trinajstić information content (AvgIpc) is 2.47. The van der Waals surface area contributed by atoms with Crippen molar-refractivity contribution in [2.45, 2.75) is 13.8 Å². The van der Waals surface area contributed by atoms with Gasteiger partial charge in [0.05, 0.1) is 11.4 Å². The van der Waals surface area contributed by atoms with E-state index in [2.05, 4.69) is 0 Å². The van der Waals surface area contributed by atoms with Crippen molar-refractivity contribution in [2.75, 3.05) is 22.5 Å². The summed E-state index contributed by atoms with van der Waals surface area (Å²) in [6.45, 7) is 4.11. The predicted molar refractivity (Wildman–Crippen MR) is 90.6 cm³/mol. The maximum atomic E-state index is 12.6. The molecule has 0 fully saturated rings. The van der Waals surface area contributed by atoms with Gasteiger partial charge in [-0.15, -0.1) is 11.6 Å². The van der Waals surface area contributed by atoms with Crippen LogP contribution in [0.3, 0.4) is 0 Å². The molecule has 2 aromatic carbocycles. The lowest BCUT2D eigenvalue weighted by atomic mass is 10.1. The number of anilines is 1. The van der Waals surface area contributed by atoms with Crippen molar-refractivity contribution in [2.24, 2.45) is 5.92 Å². The van der Waals surface area contributed by atoms with Crippen molar-refractivity contribution in [3.63, 3.8) is 0 Å². The van der Waals surface area contributed by atoms with Gasteiger partial charge in [0.25, 0.3) is 0 Å². The van der Waals surface area contributed by atoms with E-state index < -0.39 is 10.0 Å². The monoisotopic (exact) mass is 325 g/mol. The van der Waals surface area contributed by atoms with Gasteiger partial charge in [-0.05, 0) is 24.3 Å². The zero-order valence-corrected chi connectivity index (χ0v) is 13.9. The lowest BCUT2D eigenvalue weighted by Gasteiger charge is -2.25. The molecule has 3 nitrogen and oxygen atoms in total. The van der Waals surface area contributed by atoms with Crippen LogP contribution in [0, 0.1) is 5.92 Å². The summed E-state index contributed by atoms with van der Waals surface area (Å²) >= 11 is 5.76. The van der Waals surface area contributed by atoms with Gasteiger partial charge in [0.1, 0.15) is 0 Å². The first-order valence-electron chi connectivity index (χ1n) is 7.03. The van der Waals surface area contributed by atoms with Gasteiger partial charge in [-0.25, -0.2) is 8.42 Å². The van der Waals surface area contributed by atoms with Gasteiger partial charge in [0, 0.05) is 17.8 Å². The van der Waals surface area contributed by atoms with E-state index in [1.807, 2.05) is 56.3 Å². The Kier molecular flexibility index (Phi) is 5.12. The van der Waals surface area contributed by atoms with E-state index in [4.69, 9.17) is 11.6 Å². The van der Waals surface area contributed by atoms with Crippen LogP contribution in [-0.2, 0) is 10.0 Å². The maximum absolute atomic E-state index is 12.6. The largest absolute Gasteiger partial charge is 0.270 e.